The normalized spacial score (nSPS) is 15.6. The van der Waals surface area contributed by atoms with Gasteiger partial charge >= 0.3 is 0 Å². The third-order valence-electron chi connectivity index (χ3n) is 7.16. The van der Waals surface area contributed by atoms with Gasteiger partial charge in [-0.05, 0) is 41.9 Å². The smallest absolute Gasteiger partial charge is 0.164 e. The number of pyridine rings is 1. The molecule has 0 saturated heterocycles. The first kappa shape index (κ1) is 24.9. The summed E-state index contributed by atoms with van der Waals surface area (Å²) in [4.78, 5) is 34.5. The Balaban J connectivity index is 1.31. The molecule has 0 fully saturated rings. The summed E-state index contributed by atoms with van der Waals surface area (Å²) < 4.78 is 1.73. The van der Waals surface area contributed by atoms with Gasteiger partial charge in [-0.2, -0.15) is 9.61 Å². The van der Waals surface area contributed by atoms with Crippen molar-refractivity contribution in [2.45, 2.75) is 63.8 Å². The van der Waals surface area contributed by atoms with Crippen molar-refractivity contribution in [3.63, 3.8) is 0 Å². The van der Waals surface area contributed by atoms with Crippen LogP contribution < -0.4 is 10.8 Å². The molecule has 37 heavy (non-hydrogen) atoms. The van der Waals surface area contributed by atoms with Gasteiger partial charge in [-0.15, -0.1) is 0 Å². The Morgan fingerprint density at radius 1 is 1.19 bits per heavy atom. The number of ketones is 2. The van der Waals surface area contributed by atoms with Gasteiger partial charge < -0.3 is 5.32 Å². The average Bonchev–Trinajstić information content (AvgIpc) is 3.47. The van der Waals surface area contributed by atoms with Gasteiger partial charge in [0.25, 0.3) is 0 Å². The van der Waals surface area contributed by atoms with Crippen LogP contribution in [0, 0.1) is 0 Å². The fourth-order valence-electron chi connectivity index (χ4n) is 5.26. The van der Waals surface area contributed by atoms with Crippen LogP contribution in [-0.2, 0) is 11.3 Å². The zero-order valence-corrected chi connectivity index (χ0v) is 21.1. The summed E-state index contributed by atoms with van der Waals surface area (Å²) in [6.45, 7) is 2.76. The summed E-state index contributed by atoms with van der Waals surface area (Å²) in [7, 11) is 6.20. The molecule has 2 unspecified atom stereocenters. The largest absolute Gasteiger partial charge is 0.366 e. The average molecular weight is 491 g/mol. The molecule has 7 nitrogen and oxygen atoms in total. The van der Waals surface area contributed by atoms with Crippen molar-refractivity contribution in [1.82, 2.24) is 19.6 Å². The van der Waals surface area contributed by atoms with Crippen LogP contribution in [0.2, 0.25) is 0 Å². The predicted molar refractivity (Wildman–Crippen MR) is 145 cm³/mol. The van der Waals surface area contributed by atoms with E-state index >= 15 is 0 Å². The van der Waals surface area contributed by atoms with Crippen molar-refractivity contribution in [3.05, 3.63) is 83.4 Å². The summed E-state index contributed by atoms with van der Waals surface area (Å²) in [5, 5.41) is 7.87. The molecule has 1 aromatic carbocycles. The highest BCUT2D eigenvalue weighted by Gasteiger charge is 2.33. The van der Waals surface area contributed by atoms with E-state index in [0.29, 0.717) is 36.1 Å². The lowest BCUT2D eigenvalue weighted by atomic mass is 9.89. The second-order valence-corrected chi connectivity index (χ2v) is 9.73. The highest BCUT2D eigenvalue weighted by Crippen LogP contribution is 2.35. The summed E-state index contributed by atoms with van der Waals surface area (Å²) in [5.74, 6) is 0.917. The second kappa shape index (κ2) is 11.1. The molecule has 186 valence electrons. The first-order valence-corrected chi connectivity index (χ1v) is 13.0. The first-order valence-electron chi connectivity index (χ1n) is 13.0. The van der Waals surface area contributed by atoms with Crippen molar-refractivity contribution in [1.29, 1.82) is 0 Å². The fourth-order valence-corrected chi connectivity index (χ4v) is 5.26. The molecule has 3 aromatic heterocycles. The summed E-state index contributed by atoms with van der Waals surface area (Å²) in [6.07, 6.45) is 9.49. The van der Waals surface area contributed by atoms with Crippen LogP contribution in [0.5, 0.6) is 0 Å². The summed E-state index contributed by atoms with van der Waals surface area (Å²) in [5.41, 5.74) is 4.75. The van der Waals surface area contributed by atoms with E-state index in [2.05, 4.69) is 22.3 Å². The molecule has 1 aliphatic rings. The van der Waals surface area contributed by atoms with E-state index < -0.39 is 0 Å². The van der Waals surface area contributed by atoms with Crippen molar-refractivity contribution < 1.29 is 9.59 Å². The maximum absolute atomic E-state index is 13.1. The Hall–Kier alpha value is -3.81. The van der Waals surface area contributed by atoms with E-state index in [1.54, 1.807) is 16.9 Å². The van der Waals surface area contributed by atoms with Crippen molar-refractivity contribution in [3.8, 4) is 0 Å². The molecule has 0 aliphatic heterocycles. The van der Waals surface area contributed by atoms with Gasteiger partial charge in [-0.25, -0.2) is 4.98 Å². The quantitative estimate of drug-likeness (QED) is 0.310. The van der Waals surface area contributed by atoms with E-state index in [1.807, 2.05) is 48.7 Å². The van der Waals surface area contributed by atoms with E-state index in [9.17, 15) is 9.59 Å². The fraction of sp³-hybridized carbons (Fsp3) is 0.345. The highest BCUT2D eigenvalue weighted by molar-refractivity contribution is 6.36. The zero-order valence-electron chi connectivity index (χ0n) is 21.1. The molecule has 0 amide bonds. The Kier molecular flexibility index (Phi) is 7.44. The van der Waals surface area contributed by atoms with Crippen LogP contribution >= 0.6 is 0 Å². The van der Waals surface area contributed by atoms with Crippen LogP contribution in [0.15, 0.2) is 61.1 Å². The Bertz CT molecular complexity index is 1420. The Morgan fingerprint density at radius 3 is 2.86 bits per heavy atom. The Labute approximate surface area is 218 Å². The molecular weight excluding hydrogens is 461 g/mol. The minimum absolute atomic E-state index is 0.0695. The van der Waals surface area contributed by atoms with Crippen LogP contribution in [0.25, 0.3) is 5.65 Å². The lowest BCUT2D eigenvalue weighted by Crippen LogP contribution is -2.13. The molecule has 8 heteroatoms. The first-order chi connectivity index (χ1) is 18.0. The van der Waals surface area contributed by atoms with Crippen LogP contribution in [0.4, 0.5) is 5.82 Å². The number of fused-ring (bicyclic) bond motifs is 2. The molecule has 0 saturated carbocycles. The number of nitrogens with zero attached hydrogens (tertiary/aromatic N) is 4. The summed E-state index contributed by atoms with van der Waals surface area (Å²) in [6, 6.07) is 13.5. The third-order valence-corrected chi connectivity index (χ3v) is 7.16. The van der Waals surface area contributed by atoms with Crippen LogP contribution in [0.3, 0.4) is 0 Å². The topological polar surface area (TPSA) is 89.2 Å². The van der Waals surface area contributed by atoms with Gasteiger partial charge in [-0.3, -0.25) is 14.6 Å². The Morgan fingerprint density at radius 2 is 2.05 bits per heavy atom. The van der Waals surface area contributed by atoms with Crippen molar-refractivity contribution >= 4 is 36.3 Å². The van der Waals surface area contributed by atoms with Crippen molar-refractivity contribution in [2.75, 3.05) is 5.32 Å². The maximum Gasteiger partial charge on any atom is 0.164 e. The number of nitrogens with one attached hydrogen (secondary N) is 1. The van der Waals surface area contributed by atoms with Gasteiger partial charge in [0, 0.05) is 61.2 Å². The minimum atomic E-state index is -0.308. The number of benzene rings is 1. The number of carbonyl (C=O) groups excluding carboxylic acids is 2. The van der Waals surface area contributed by atoms with Crippen LogP contribution in [-0.4, -0.2) is 39.0 Å². The standard InChI is InChI=1S/C29H30BN5O2/c1-2-7-20(9-5-12-26(36)23-14-27(37)22-11-4-3-10-21(22)23)25-15-28(32-17-19-8-6-13-31-16-19)35-29(34-25)24(30)18-33-35/h3-4,6,8,10-11,13,15-16,18,20,23,32H,2,5,7,9,12,14,17H2,1H3. The SMILES string of the molecule is [B]c1cnn2c(NCc3cccnc3)cc(C(CCC)CCCC(=O)C3CC(=O)c4ccccc43)nc12. The lowest BCUT2D eigenvalue weighted by Gasteiger charge is -2.19. The van der Waals surface area contributed by atoms with E-state index in [1.165, 1.54) is 0 Å². The number of rotatable bonds is 11. The molecule has 4 aromatic rings. The molecule has 1 N–H and O–H groups in total. The van der Waals surface area contributed by atoms with Gasteiger partial charge in [0.05, 0.1) is 5.92 Å². The number of anilines is 1. The number of carbonyl (C=O) groups is 2. The summed E-state index contributed by atoms with van der Waals surface area (Å²) >= 11 is 0. The number of hydrogen-bond acceptors (Lipinski definition) is 6. The molecule has 2 radical (unpaired) electrons. The number of hydrogen-bond donors (Lipinski definition) is 1. The lowest BCUT2D eigenvalue weighted by molar-refractivity contribution is -0.120. The third kappa shape index (κ3) is 5.33. The maximum atomic E-state index is 13.1. The van der Waals surface area contributed by atoms with Gasteiger partial charge in [0.15, 0.2) is 5.78 Å². The van der Waals surface area contributed by atoms with Crippen LogP contribution in [0.1, 0.15) is 84.5 Å². The molecule has 5 rings (SSSR count). The molecule has 1 aliphatic carbocycles. The number of Topliss-reactive ketones (excluding diaryl/α,β-unsaturated/α-hetero) is 2. The van der Waals surface area contributed by atoms with E-state index in [0.717, 1.165) is 48.3 Å². The monoisotopic (exact) mass is 491 g/mol. The molecule has 0 bridgehead atoms. The van der Waals surface area contributed by atoms with E-state index in [-0.39, 0.29) is 23.4 Å². The van der Waals surface area contributed by atoms with Gasteiger partial charge in [0.2, 0.25) is 0 Å². The molecule has 2 atom stereocenters. The van der Waals surface area contributed by atoms with Gasteiger partial charge in [-0.1, -0.05) is 43.7 Å². The predicted octanol–water partition coefficient (Wildman–Crippen LogP) is 4.52. The molecule has 0 spiro atoms. The van der Waals surface area contributed by atoms with Crippen molar-refractivity contribution in [2.24, 2.45) is 0 Å². The zero-order chi connectivity index (χ0) is 25.8. The second-order valence-electron chi connectivity index (χ2n) is 9.73. The molecular formula is C29H30BN5O2. The molecule has 3 heterocycles. The highest BCUT2D eigenvalue weighted by atomic mass is 16.1. The van der Waals surface area contributed by atoms with Gasteiger partial charge in [0.1, 0.15) is 25.1 Å². The number of aromatic nitrogens is 4. The minimum Gasteiger partial charge on any atom is -0.366 e. The van der Waals surface area contributed by atoms with E-state index in [4.69, 9.17) is 12.8 Å².